The largest absolute Gasteiger partial charge is 0.480 e. The lowest BCUT2D eigenvalue weighted by Gasteiger charge is -2.32. The van der Waals surface area contributed by atoms with Gasteiger partial charge in [0, 0.05) is 58.4 Å². The number of amides is 1. The maximum atomic E-state index is 12.1. The predicted octanol–water partition coefficient (Wildman–Crippen LogP) is -1.12. The Morgan fingerprint density at radius 1 is 0.897 bits per heavy atom. The first kappa shape index (κ1) is 27.2. The number of rotatable bonds is 6. The van der Waals surface area contributed by atoms with Gasteiger partial charge in [-0.25, -0.2) is 0 Å². The molecule has 1 amide bonds. The first-order valence-corrected chi connectivity index (χ1v) is 10.1. The summed E-state index contributed by atoms with van der Waals surface area (Å²) in [5.74, 6) is -0.777. The van der Waals surface area contributed by atoms with Crippen LogP contribution in [0.2, 0.25) is 0 Å². The molecule has 1 aliphatic rings. The van der Waals surface area contributed by atoms with Crippen molar-refractivity contribution in [3.05, 3.63) is 0 Å². The first-order valence-electron chi connectivity index (χ1n) is 10.1. The maximum Gasteiger partial charge on any atom is 0.373 e. The molecular formula is C19H37N5O5. The second kappa shape index (κ2) is 16.0. The van der Waals surface area contributed by atoms with Crippen molar-refractivity contribution in [1.82, 2.24) is 24.9 Å². The van der Waals surface area contributed by atoms with Gasteiger partial charge in [0.1, 0.15) is 0 Å². The molecule has 1 aliphatic heterocycles. The molecule has 0 bridgehead atoms. The standard InChI is InChI=1S/C18H37N5O3.CO2/c1-5-21-8-6-20(4)7-9-22(14-17(24)19-16(2)3)12-13-23(11-10-21)15-18(25)26;2-1-3/h16H,5-15H2,1-4H3,(H,19,24)(H,25,26);. The number of carbonyl (C=O) groups is 2. The minimum absolute atomic E-state index is 0.0247. The third-order valence-corrected chi connectivity index (χ3v) is 4.68. The van der Waals surface area contributed by atoms with Crippen LogP contribution in [0.4, 0.5) is 0 Å². The lowest BCUT2D eigenvalue weighted by molar-refractivity contribution is -0.191. The van der Waals surface area contributed by atoms with Gasteiger partial charge < -0.3 is 20.2 Å². The van der Waals surface area contributed by atoms with Crippen LogP contribution in [0.5, 0.6) is 0 Å². The van der Waals surface area contributed by atoms with Crippen LogP contribution in [0, 0.1) is 0 Å². The molecule has 0 radical (unpaired) electrons. The fourth-order valence-corrected chi connectivity index (χ4v) is 3.03. The van der Waals surface area contributed by atoms with Gasteiger partial charge in [-0.15, -0.1) is 0 Å². The van der Waals surface area contributed by atoms with Crippen LogP contribution >= 0.6 is 0 Å². The molecule has 0 atom stereocenters. The van der Waals surface area contributed by atoms with Gasteiger partial charge >= 0.3 is 12.1 Å². The summed E-state index contributed by atoms with van der Waals surface area (Å²) in [5, 5.41) is 12.1. The van der Waals surface area contributed by atoms with Gasteiger partial charge in [-0.1, -0.05) is 6.92 Å². The summed E-state index contributed by atoms with van der Waals surface area (Å²) in [6.07, 6.45) is 0.250. The molecule has 168 valence electrons. The van der Waals surface area contributed by atoms with Crippen molar-refractivity contribution in [3.8, 4) is 0 Å². The third-order valence-electron chi connectivity index (χ3n) is 4.68. The number of hydrogen-bond acceptors (Lipinski definition) is 8. The average molecular weight is 416 g/mol. The topological polar surface area (TPSA) is 114 Å². The number of carboxylic acid groups (broad SMARTS) is 1. The van der Waals surface area contributed by atoms with E-state index in [0.717, 1.165) is 45.8 Å². The maximum absolute atomic E-state index is 12.1. The van der Waals surface area contributed by atoms with E-state index in [1.54, 1.807) is 0 Å². The molecular weight excluding hydrogens is 378 g/mol. The zero-order valence-corrected chi connectivity index (χ0v) is 18.2. The minimum Gasteiger partial charge on any atom is -0.480 e. The lowest BCUT2D eigenvalue weighted by atomic mass is 10.3. The van der Waals surface area contributed by atoms with Crippen molar-refractivity contribution in [3.63, 3.8) is 0 Å². The normalized spacial score (nSPS) is 18.7. The van der Waals surface area contributed by atoms with Crippen LogP contribution in [0.15, 0.2) is 0 Å². The molecule has 0 saturated carbocycles. The molecule has 29 heavy (non-hydrogen) atoms. The highest BCUT2D eigenvalue weighted by atomic mass is 16.4. The van der Waals surface area contributed by atoms with E-state index in [4.69, 9.17) is 9.59 Å². The molecule has 0 aliphatic carbocycles. The van der Waals surface area contributed by atoms with Gasteiger partial charge in [-0.3, -0.25) is 19.4 Å². The van der Waals surface area contributed by atoms with Crippen molar-refractivity contribution in [2.45, 2.75) is 26.8 Å². The van der Waals surface area contributed by atoms with Gasteiger partial charge in [0.25, 0.3) is 0 Å². The zero-order valence-electron chi connectivity index (χ0n) is 18.2. The van der Waals surface area contributed by atoms with E-state index in [0.29, 0.717) is 19.6 Å². The number of nitrogens with zero attached hydrogens (tertiary/aromatic N) is 4. The minimum atomic E-state index is -0.802. The fraction of sp³-hybridized carbons (Fsp3) is 0.842. The number of nitrogens with one attached hydrogen (secondary N) is 1. The van der Waals surface area contributed by atoms with Gasteiger partial charge in [0.15, 0.2) is 0 Å². The van der Waals surface area contributed by atoms with E-state index in [2.05, 4.69) is 34.0 Å². The van der Waals surface area contributed by atoms with Gasteiger partial charge in [0.05, 0.1) is 13.1 Å². The summed E-state index contributed by atoms with van der Waals surface area (Å²) in [6.45, 7) is 14.0. The molecule has 0 unspecified atom stereocenters. The monoisotopic (exact) mass is 415 g/mol. The van der Waals surface area contributed by atoms with E-state index >= 15 is 0 Å². The van der Waals surface area contributed by atoms with E-state index < -0.39 is 5.97 Å². The number of likely N-dealkylation sites (N-methyl/N-ethyl adjacent to an activating group) is 2. The molecule has 0 spiro atoms. The Kier molecular flexibility index (Phi) is 15.0. The first-order chi connectivity index (χ1) is 13.7. The van der Waals surface area contributed by atoms with Crippen LogP contribution in [0.3, 0.4) is 0 Å². The Bertz CT molecular complexity index is 511. The molecule has 0 aromatic carbocycles. The van der Waals surface area contributed by atoms with E-state index in [-0.39, 0.29) is 24.6 Å². The number of carbonyl (C=O) groups excluding carboxylic acids is 3. The zero-order chi connectivity index (χ0) is 22.2. The van der Waals surface area contributed by atoms with Crippen molar-refractivity contribution >= 4 is 18.0 Å². The Morgan fingerprint density at radius 3 is 1.76 bits per heavy atom. The smallest absolute Gasteiger partial charge is 0.373 e. The Balaban J connectivity index is 0.00000245. The molecule has 1 saturated heterocycles. The van der Waals surface area contributed by atoms with Crippen LogP contribution < -0.4 is 5.32 Å². The van der Waals surface area contributed by atoms with Crippen molar-refractivity contribution in [2.75, 3.05) is 79.0 Å². The SMILES string of the molecule is CCN1CCN(C)CCN(CC(=O)NC(C)C)CCN(CC(=O)O)CC1.O=C=O. The fourth-order valence-electron chi connectivity index (χ4n) is 3.03. The molecule has 1 fully saturated rings. The second-order valence-electron chi connectivity index (χ2n) is 7.49. The number of carboxylic acids is 1. The third kappa shape index (κ3) is 14.8. The second-order valence-corrected chi connectivity index (χ2v) is 7.49. The summed E-state index contributed by atoms with van der Waals surface area (Å²) < 4.78 is 0. The summed E-state index contributed by atoms with van der Waals surface area (Å²) in [6, 6.07) is 0.126. The van der Waals surface area contributed by atoms with Crippen LogP contribution in [-0.4, -0.2) is 128 Å². The van der Waals surface area contributed by atoms with Crippen molar-refractivity contribution < 1.29 is 24.3 Å². The van der Waals surface area contributed by atoms with Gasteiger partial charge in [-0.2, -0.15) is 9.59 Å². The van der Waals surface area contributed by atoms with Crippen molar-refractivity contribution in [2.24, 2.45) is 0 Å². The molecule has 10 nitrogen and oxygen atoms in total. The highest BCUT2D eigenvalue weighted by Gasteiger charge is 2.18. The predicted molar refractivity (Wildman–Crippen MR) is 108 cm³/mol. The summed E-state index contributed by atoms with van der Waals surface area (Å²) in [4.78, 5) is 48.3. The van der Waals surface area contributed by atoms with Crippen LogP contribution in [0.1, 0.15) is 20.8 Å². The highest BCUT2D eigenvalue weighted by molar-refractivity contribution is 5.78. The summed E-state index contributed by atoms with van der Waals surface area (Å²) >= 11 is 0. The Labute approximate surface area is 173 Å². The van der Waals surface area contributed by atoms with E-state index in [1.807, 2.05) is 18.7 Å². The quantitative estimate of drug-likeness (QED) is 0.557. The summed E-state index contributed by atoms with van der Waals surface area (Å²) in [7, 11) is 2.11. The van der Waals surface area contributed by atoms with Crippen molar-refractivity contribution in [1.29, 1.82) is 0 Å². The van der Waals surface area contributed by atoms with E-state index in [9.17, 15) is 14.7 Å². The van der Waals surface area contributed by atoms with Crippen LogP contribution in [0.25, 0.3) is 0 Å². The Hall–Kier alpha value is -1.84. The molecule has 1 heterocycles. The number of hydrogen-bond donors (Lipinski definition) is 2. The molecule has 0 aromatic rings. The van der Waals surface area contributed by atoms with Gasteiger partial charge in [-0.05, 0) is 27.4 Å². The van der Waals surface area contributed by atoms with Crippen LogP contribution in [-0.2, 0) is 19.2 Å². The van der Waals surface area contributed by atoms with E-state index in [1.165, 1.54) is 0 Å². The van der Waals surface area contributed by atoms with Gasteiger partial charge in [0.2, 0.25) is 5.91 Å². The molecule has 1 rings (SSSR count). The molecule has 0 aromatic heterocycles. The summed E-state index contributed by atoms with van der Waals surface area (Å²) in [5.41, 5.74) is 0. The lowest BCUT2D eigenvalue weighted by Crippen LogP contribution is -2.48. The molecule has 2 N–H and O–H groups in total. The highest BCUT2D eigenvalue weighted by Crippen LogP contribution is 2.00. The average Bonchev–Trinajstić information content (AvgIpc) is 2.62. The number of aliphatic carboxylic acids is 1. The Morgan fingerprint density at radius 2 is 1.31 bits per heavy atom. The molecule has 10 heteroatoms.